The molecule has 5 atom stereocenters. The van der Waals surface area contributed by atoms with Gasteiger partial charge in [-0.25, -0.2) is 4.79 Å². The summed E-state index contributed by atoms with van der Waals surface area (Å²) in [5, 5.41) is 33.0. The summed E-state index contributed by atoms with van der Waals surface area (Å²) in [6.07, 6.45) is 1.04. The molecule has 7 N–H and O–H groups in total. The molecule has 1 aliphatic heterocycles. The van der Waals surface area contributed by atoms with Crippen LogP contribution in [0.1, 0.15) is 39.0 Å². The molecule has 1 rings (SSSR count). The van der Waals surface area contributed by atoms with Crippen molar-refractivity contribution in [2.45, 2.75) is 69.3 Å². The highest BCUT2D eigenvalue weighted by molar-refractivity contribution is 7.98. The molecule has 1 saturated heterocycles. The van der Waals surface area contributed by atoms with E-state index in [2.05, 4.69) is 10.6 Å². The summed E-state index contributed by atoms with van der Waals surface area (Å²) in [5.74, 6) is -3.94. The molecule has 0 aromatic carbocycles. The molecule has 3 amide bonds. The molecule has 12 nitrogen and oxygen atoms in total. The topological polar surface area (TPSA) is 199 Å². The van der Waals surface area contributed by atoms with Gasteiger partial charge in [0.2, 0.25) is 17.7 Å². The van der Waals surface area contributed by atoms with Crippen molar-refractivity contribution in [3.05, 3.63) is 0 Å². The van der Waals surface area contributed by atoms with Gasteiger partial charge in [0.1, 0.15) is 18.1 Å². The number of carboxylic acids is 2. The van der Waals surface area contributed by atoms with E-state index < -0.39 is 59.9 Å². The fourth-order valence-corrected chi connectivity index (χ4v) is 3.77. The van der Waals surface area contributed by atoms with Gasteiger partial charge >= 0.3 is 11.9 Å². The number of hydrogen-bond acceptors (Lipinski definition) is 8. The Balaban J connectivity index is 2.90. The van der Waals surface area contributed by atoms with Crippen molar-refractivity contribution in [1.82, 2.24) is 15.5 Å². The summed E-state index contributed by atoms with van der Waals surface area (Å²) in [6.45, 7) is 1.49. The fourth-order valence-electron chi connectivity index (χ4n) is 3.30. The molecule has 0 aromatic heterocycles. The van der Waals surface area contributed by atoms with Crippen LogP contribution < -0.4 is 16.4 Å². The molecule has 32 heavy (non-hydrogen) atoms. The minimum absolute atomic E-state index is 0.113. The number of nitrogens with zero attached hydrogens (tertiary/aromatic N) is 1. The van der Waals surface area contributed by atoms with Crippen LogP contribution in [0, 0.1) is 0 Å². The summed E-state index contributed by atoms with van der Waals surface area (Å²) >= 11 is 1.42. The van der Waals surface area contributed by atoms with Gasteiger partial charge in [0.15, 0.2) is 0 Å². The van der Waals surface area contributed by atoms with Crippen LogP contribution in [0.5, 0.6) is 0 Å². The third-order valence-corrected chi connectivity index (χ3v) is 5.76. The zero-order valence-corrected chi connectivity index (χ0v) is 19.0. The van der Waals surface area contributed by atoms with Gasteiger partial charge in [-0.05, 0) is 44.6 Å². The zero-order chi connectivity index (χ0) is 24.4. The Bertz CT molecular complexity index is 705. The lowest BCUT2D eigenvalue weighted by Gasteiger charge is -2.30. The van der Waals surface area contributed by atoms with E-state index in [1.807, 2.05) is 0 Å². The van der Waals surface area contributed by atoms with Gasteiger partial charge in [0, 0.05) is 13.0 Å². The smallest absolute Gasteiger partial charge is 0.326 e. The standard InChI is InChI=1S/C19H32N4O8S/c1-10(24)15(18(29)23-8-3-4-13(23)19(30)31)22-17(28)12(7-9-32-2)21-16(27)11(20)5-6-14(25)26/h10-13,15,24H,3-9,20H2,1-2H3,(H,21,27)(H,22,28)(H,25,26)(H,30,31). The van der Waals surface area contributed by atoms with Gasteiger partial charge < -0.3 is 36.6 Å². The Morgan fingerprint density at radius 1 is 1.12 bits per heavy atom. The molecular formula is C19H32N4O8S. The maximum absolute atomic E-state index is 12.9. The predicted molar refractivity (Wildman–Crippen MR) is 116 cm³/mol. The van der Waals surface area contributed by atoms with Crippen molar-refractivity contribution in [2.24, 2.45) is 5.73 Å². The van der Waals surface area contributed by atoms with Crippen LogP contribution in [-0.4, -0.2) is 98.7 Å². The number of carboxylic acid groups (broad SMARTS) is 2. The lowest BCUT2D eigenvalue weighted by molar-refractivity contribution is -0.150. The molecule has 0 aliphatic carbocycles. The number of likely N-dealkylation sites (tertiary alicyclic amines) is 1. The zero-order valence-electron chi connectivity index (χ0n) is 18.2. The fraction of sp³-hybridized carbons (Fsp3) is 0.737. The van der Waals surface area contributed by atoms with E-state index in [0.29, 0.717) is 12.2 Å². The summed E-state index contributed by atoms with van der Waals surface area (Å²) in [6, 6.07) is -4.63. The molecule has 182 valence electrons. The number of aliphatic carboxylic acids is 2. The number of thioether (sulfide) groups is 1. The normalized spacial score (nSPS) is 19.5. The number of nitrogens with one attached hydrogen (secondary N) is 2. The Labute approximate surface area is 190 Å². The quantitative estimate of drug-likeness (QED) is 0.179. The van der Waals surface area contributed by atoms with Gasteiger partial charge in [-0.2, -0.15) is 11.8 Å². The van der Waals surface area contributed by atoms with E-state index in [9.17, 15) is 34.2 Å². The first-order valence-electron chi connectivity index (χ1n) is 10.3. The van der Waals surface area contributed by atoms with Gasteiger partial charge in [-0.15, -0.1) is 0 Å². The minimum Gasteiger partial charge on any atom is -0.481 e. The lowest BCUT2D eigenvalue weighted by atomic mass is 10.1. The molecule has 0 saturated carbocycles. The molecule has 1 heterocycles. The van der Waals surface area contributed by atoms with Crippen molar-refractivity contribution >= 4 is 41.4 Å². The summed E-state index contributed by atoms with van der Waals surface area (Å²) < 4.78 is 0. The number of nitrogens with two attached hydrogens (primary N) is 1. The van der Waals surface area contributed by atoms with Gasteiger partial charge in [0.05, 0.1) is 12.1 Å². The third-order valence-electron chi connectivity index (χ3n) is 5.12. The van der Waals surface area contributed by atoms with Gasteiger partial charge in [-0.3, -0.25) is 19.2 Å². The minimum atomic E-state index is -1.39. The van der Waals surface area contributed by atoms with Crippen LogP contribution in [0.2, 0.25) is 0 Å². The third kappa shape index (κ3) is 8.28. The highest BCUT2D eigenvalue weighted by Gasteiger charge is 2.40. The maximum Gasteiger partial charge on any atom is 0.326 e. The van der Waals surface area contributed by atoms with Crippen LogP contribution in [0.4, 0.5) is 0 Å². The van der Waals surface area contributed by atoms with E-state index in [4.69, 9.17) is 10.8 Å². The van der Waals surface area contributed by atoms with E-state index in [-0.39, 0.29) is 32.2 Å². The second-order valence-corrected chi connectivity index (χ2v) is 8.62. The Morgan fingerprint density at radius 3 is 2.31 bits per heavy atom. The Kier molecular flexibility index (Phi) is 11.4. The number of carbonyl (C=O) groups excluding carboxylic acids is 3. The van der Waals surface area contributed by atoms with Crippen LogP contribution >= 0.6 is 11.8 Å². The van der Waals surface area contributed by atoms with E-state index in [1.54, 1.807) is 6.26 Å². The van der Waals surface area contributed by atoms with Crippen LogP contribution in [0.15, 0.2) is 0 Å². The SMILES string of the molecule is CSCCC(NC(=O)C(N)CCC(=O)O)C(=O)NC(C(=O)N1CCCC1C(=O)O)C(C)O. The van der Waals surface area contributed by atoms with Crippen molar-refractivity contribution in [3.8, 4) is 0 Å². The molecule has 1 aliphatic rings. The highest BCUT2D eigenvalue weighted by atomic mass is 32.2. The monoisotopic (exact) mass is 476 g/mol. The number of aliphatic hydroxyl groups is 1. The molecule has 0 aromatic rings. The molecule has 0 spiro atoms. The number of aliphatic hydroxyl groups excluding tert-OH is 1. The predicted octanol–water partition coefficient (Wildman–Crippen LogP) is -1.64. The number of carbonyl (C=O) groups is 5. The number of hydrogen-bond donors (Lipinski definition) is 6. The van der Waals surface area contributed by atoms with Gasteiger partial charge in [0.25, 0.3) is 0 Å². The first-order valence-corrected chi connectivity index (χ1v) is 11.7. The Morgan fingerprint density at radius 2 is 1.78 bits per heavy atom. The highest BCUT2D eigenvalue weighted by Crippen LogP contribution is 2.19. The number of amides is 3. The van der Waals surface area contributed by atoms with Crippen molar-refractivity contribution in [2.75, 3.05) is 18.6 Å². The van der Waals surface area contributed by atoms with Crippen molar-refractivity contribution < 1.29 is 39.3 Å². The van der Waals surface area contributed by atoms with Crippen LogP contribution in [-0.2, 0) is 24.0 Å². The second kappa shape index (κ2) is 13.2. The molecule has 5 unspecified atom stereocenters. The van der Waals surface area contributed by atoms with E-state index in [1.165, 1.54) is 18.7 Å². The molecule has 13 heteroatoms. The Hall–Kier alpha value is -2.38. The number of rotatable bonds is 13. The molecule has 1 fully saturated rings. The summed E-state index contributed by atoms with van der Waals surface area (Å²) in [4.78, 5) is 61.2. The first-order chi connectivity index (χ1) is 15.0. The van der Waals surface area contributed by atoms with Crippen LogP contribution in [0.3, 0.4) is 0 Å². The molecule has 0 radical (unpaired) electrons. The largest absolute Gasteiger partial charge is 0.481 e. The summed E-state index contributed by atoms with van der Waals surface area (Å²) in [7, 11) is 0. The molecule has 0 bridgehead atoms. The van der Waals surface area contributed by atoms with Gasteiger partial charge in [-0.1, -0.05) is 0 Å². The summed E-state index contributed by atoms with van der Waals surface area (Å²) in [5.41, 5.74) is 5.70. The lowest BCUT2D eigenvalue weighted by Crippen LogP contribution is -2.60. The molecular weight excluding hydrogens is 444 g/mol. The first kappa shape index (κ1) is 27.7. The maximum atomic E-state index is 12.9. The second-order valence-electron chi connectivity index (χ2n) is 7.64. The van der Waals surface area contributed by atoms with E-state index in [0.717, 1.165) is 4.90 Å². The van der Waals surface area contributed by atoms with Crippen LogP contribution in [0.25, 0.3) is 0 Å². The van der Waals surface area contributed by atoms with E-state index >= 15 is 0 Å². The average Bonchev–Trinajstić information content (AvgIpc) is 3.22. The van der Waals surface area contributed by atoms with Crippen molar-refractivity contribution in [3.63, 3.8) is 0 Å². The van der Waals surface area contributed by atoms with Crippen molar-refractivity contribution in [1.29, 1.82) is 0 Å². The average molecular weight is 477 g/mol.